The zero-order valence-corrected chi connectivity index (χ0v) is 19.3. The van der Waals surface area contributed by atoms with E-state index in [2.05, 4.69) is 72.8 Å². The van der Waals surface area contributed by atoms with Gasteiger partial charge in [-0.15, -0.1) is 0 Å². The van der Waals surface area contributed by atoms with Crippen molar-refractivity contribution in [2.24, 2.45) is 0 Å². The summed E-state index contributed by atoms with van der Waals surface area (Å²) in [5.41, 5.74) is 6.42. The maximum absolute atomic E-state index is 11.3. The molecule has 34 heavy (non-hydrogen) atoms. The van der Waals surface area contributed by atoms with E-state index in [0.717, 1.165) is 24.2 Å². The zero-order valence-electron chi connectivity index (χ0n) is 19.3. The first-order valence-electron chi connectivity index (χ1n) is 11.8. The predicted molar refractivity (Wildman–Crippen MR) is 134 cm³/mol. The molecule has 0 saturated carbocycles. The first kappa shape index (κ1) is 22.0. The smallest absolute Gasteiger partial charge is 0.308 e. The normalized spacial score (nSPS) is 17.0. The quantitative estimate of drug-likeness (QED) is 0.234. The topological polar surface area (TPSA) is 35.5 Å². The zero-order chi connectivity index (χ0) is 23.3. The Morgan fingerprint density at radius 3 is 2.18 bits per heavy atom. The van der Waals surface area contributed by atoms with Crippen LogP contribution in [0.5, 0.6) is 11.5 Å². The molecule has 0 fully saturated rings. The highest BCUT2D eigenvalue weighted by molar-refractivity contribution is 5.69. The van der Waals surface area contributed by atoms with E-state index in [-0.39, 0.29) is 11.9 Å². The molecule has 2 atom stereocenters. The molecule has 0 heterocycles. The molecule has 0 amide bonds. The van der Waals surface area contributed by atoms with Gasteiger partial charge in [-0.25, -0.2) is 0 Å². The Balaban J connectivity index is 1.46. The number of carbonyl (C=O) groups is 1. The summed E-state index contributed by atoms with van der Waals surface area (Å²) in [6, 6.07) is 35.5. The standard InChI is InChI=1S/C31H28O3/c1-22(32)34-27-15-12-25(13-16-27)31-29(24-10-6-3-7-11-24)18-14-26-20-28(17-19-30(26)31)33-21-23-8-4-2-5-9-23/h2-13,15-17,19-20,29,31H,14,18,21H2,1H3/t29?,31-/m0/s1. The lowest BCUT2D eigenvalue weighted by molar-refractivity contribution is -0.131. The van der Waals surface area contributed by atoms with Crippen LogP contribution < -0.4 is 9.47 Å². The monoisotopic (exact) mass is 448 g/mol. The fraction of sp³-hybridized carbons (Fsp3) is 0.194. The minimum atomic E-state index is -0.305. The molecule has 4 aromatic rings. The van der Waals surface area contributed by atoms with Crippen molar-refractivity contribution in [3.63, 3.8) is 0 Å². The number of hydrogen-bond acceptors (Lipinski definition) is 3. The van der Waals surface area contributed by atoms with E-state index in [1.807, 2.05) is 30.3 Å². The largest absolute Gasteiger partial charge is 0.489 e. The summed E-state index contributed by atoms with van der Waals surface area (Å²) < 4.78 is 11.4. The lowest BCUT2D eigenvalue weighted by atomic mass is 9.69. The minimum absolute atomic E-state index is 0.223. The Labute approximate surface area is 201 Å². The van der Waals surface area contributed by atoms with Gasteiger partial charge in [0.2, 0.25) is 0 Å². The van der Waals surface area contributed by atoms with Gasteiger partial charge in [0.15, 0.2) is 0 Å². The molecular weight excluding hydrogens is 420 g/mol. The first-order valence-corrected chi connectivity index (χ1v) is 11.8. The van der Waals surface area contributed by atoms with Crippen LogP contribution >= 0.6 is 0 Å². The van der Waals surface area contributed by atoms with Crippen molar-refractivity contribution < 1.29 is 14.3 Å². The molecule has 5 rings (SSSR count). The Morgan fingerprint density at radius 2 is 1.47 bits per heavy atom. The van der Waals surface area contributed by atoms with Crippen molar-refractivity contribution in [1.82, 2.24) is 0 Å². The van der Waals surface area contributed by atoms with E-state index < -0.39 is 0 Å². The summed E-state index contributed by atoms with van der Waals surface area (Å²) >= 11 is 0. The molecule has 1 unspecified atom stereocenters. The Bertz CT molecular complexity index is 1250. The first-order chi connectivity index (χ1) is 16.7. The van der Waals surface area contributed by atoms with Crippen LogP contribution in [-0.2, 0) is 17.8 Å². The van der Waals surface area contributed by atoms with Crippen molar-refractivity contribution >= 4 is 5.97 Å². The van der Waals surface area contributed by atoms with Crippen LogP contribution in [0.1, 0.15) is 53.0 Å². The van der Waals surface area contributed by atoms with E-state index in [1.165, 1.54) is 29.2 Å². The number of benzene rings is 4. The third kappa shape index (κ3) is 4.89. The third-order valence-corrected chi connectivity index (χ3v) is 6.55. The molecule has 3 nitrogen and oxygen atoms in total. The number of esters is 1. The third-order valence-electron chi connectivity index (χ3n) is 6.55. The lowest BCUT2D eigenvalue weighted by Gasteiger charge is -2.35. The van der Waals surface area contributed by atoms with Gasteiger partial charge in [0.25, 0.3) is 0 Å². The maximum Gasteiger partial charge on any atom is 0.308 e. The van der Waals surface area contributed by atoms with Gasteiger partial charge in [-0.05, 0) is 70.8 Å². The van der Waals surface area contributed by atoms with Gasteiger partial charge in [0.1, 0.15) is 18.1 Å². The van der Waals surface area contributed by atoms with Crippen molar-refractivity contribution in [2.45, 2.75) is 38.2 Å². The number of aryl methyl sites for hydroxylation is 1. The molecular formula is C31H28O3. The Hall–Kier alpha value is -3.85. The molecule has 0 N–H and O–H groups in total. The molecule has 4 aromatic carbocycles. The van der Waals surface area contributed by atoms with Crippen LogP contribution in [0.25, 0.3) is 0 Å². The minimum Gasteiger partial charge on any atom is -0.489 e. The summed E-state index contributed by atoms with van der Waals surface area (Å²) in [7, 11) is 0. The molecule has 170 valence electrons. The molecule has 0 spiro atoms. The number of ether oxygens (including phenoxy) is 2. The molecule has 0 aromatic heterocycles. The van der Waals surface area contributed by atoms with Crippen LogP contribution in [0.4, 0.5) is 0 Å². The summed E-state index contributed by atoms with van der Waals surface area (Å²) in [6.45, 7) is 1.99. The lowest BCUT2D eigenvalue weighted by Crippen LogP contribution is -2.20. The Morgan fingerprint density at radius 1 is 0.794 bits per heavy atom. The van der Waals surface area contributed by atoms with E-state index >= 15 is 0 Å². The number of fused-ring (bicyclic) bond motifs is 1. The van der Waals surface area contributed by atoms with Gasteiger partial charge in [-0.3, -0.25) is 4.79 Å². The van der Waals surface area contributed by atoms with E-state index in [4.69, 9.17) is 9.47 Å². The van der Waals surface area contributed by atoms with E-state index in [0.29, 0.717) is 18.3 Å². The van der Waals surface area contributed by atoms with Crippen LogP contribution in [0.15, 0.2) is 103 Å². The second-order valence-corrected chi connectivity index (χ2v) is 8.83. The van der Waals surface area contributed by atoms with E-state index in [1.54, 1.807) is 0 Å². The summed E-state index contributed by atoms with van der Waals surface area (Å²) in [4.78, 5) is 11.3. The number of rotatable bonds is 6. The van der Waals surface area contributed by atoms with Crippen LogP contribution in [0.2, 0.25) is 0 Å². The second-order valence-electron chi connectivity index (χ2n) is 8.83. The van der Waals surface area contributed by atoms with Crippen molar-refractivity contribution in [2.75, 3.05) is 0 Å². The number of carbonyl (C=O) groups excluding carboxylic acids is 1. The van der Waals surface area contributed by atoms with Gasteiger partial charge in [0.05, 0.1) is 0 Å². The van der Waals surface area contributed by atoms with Crippen LogP contribution in [0.3, 0.4) is 0 Å². The van der Waals surface area contributed by atoms with Gasteiger partial charge >= 0.3 is 5.97 Å². The predicted octanol–water partition coefficient (Wildman–Crippen LogP) is 7.05. The van der Waals surface area contributed by atoms with Crippen molar-refractivity contribution in [1.29, 1.82) is 0 Å². The van der Waals surface area contributed by atoms with Crippen LogP contribution in [-0.4, -0.2) is 5.97 Å². The summed E-state index contributed by atoms with van der Waals surface area (Å²) in [5.74, 6) is 1.78. The molecule has 0 aliphatic heterocycles. The highest BCUT2D eigenvalue weighted by Gasteiger charge is 2.32. The average Bonchev–Trinajstić information content (AvgIpc) is 2.88. The highest BCUT2D eigenvalue weighted by Crippen LogP contribution is 2.47. The van der Waals surface area contributed by atoms with Gasteiger partial charge in [-0.2, -0.15) is 0 Å². The van der Waals surface area contributed by atoms with Crippen molar-refractivity contribution in [3.8, 4) is 11.5 Å². The second kappa shape index (κ2) is 9.96. The highest BCUT2D eigenvalue weighted by atomic mass is 16.5. The molecule has 0 saturated heterocycles. The average molecular weight is 449 g/mol. The van der Waals surface area contributed by atoms with Crippen LogP contribution in [0, 0.1) is 0 Å². The molecule has 0 radical (unpaired) electrons. The van der Waals surface area contributed by atoms with Gasteiger partial charge in [-0.1, -0.05) is 78.9 Å². The number of hydrogen-bond donors (Lipinski definition) is 0. The summed E-state index contributed by atoms with van der Waals surface area (Å²) in [6.07, 6.45) is 2.08. The molecule has 1 aliphatic carbocycles. The molecule has 1 aliphatic rings. The van der Waals surface area contributed by atoms with Gasteiger partial charge < -0.3 is 9.47 Å². The molecule has 3 heteroatoms. The van der Waals surface area contributed by atoms with Gasteiger partial charge in [0, 0.05) is 12.8 Å². The fourth-order valence-corrected chi connectivity index (χ4v) is 5.01. The molecule has 0 bridgehead atoms. The Kier molecular flexibility index (Phi) is 6.44. The van der Waals surface area contributed by atoms with Crippen molar-refractivity contribution in [3.05, 3.63) is 131 Å². The summed E-state index contributed by atoms with van der Waals surface area (Å²) in [5, 5.41) is 0. The van der Waals surface area contributed by atoms with E-state index in [9.17, 15) is 4.79 Å². The maximum atomic E-state index is 11.3. The fourth-order valence-electron chi connectivity index (χ4n) is 5.01. The SMILES string of the molecule is CC(=O)Oc1ccc([C@@H]2c3ccc(OCc4ccccc4)cc3CCC2c2ccccc2)cc1.